The first kappa shape index (κ1) is 12.1. The van der Waals surface area contributed by atoms with Crippen molar-refractivity contribution >= 4 is 6.08 Å². The number of nitrogens with zero attached hydrogens (tertiary/aromatic N) is 1. The van der Waals surface area contributed by atoms with Crippen LogP contribution in [-0.2, 0) is 4.79 Å². The van der Waals surface area contributed by atoms with Crippen molar-refractivity contribution in [3.8, 4) is 0 Å². The van der Waals surface area contributed by atoms with Gasteiger partial charge in [0.2, 0.25) is 6.08 Å². The standard InChI is InChI=1S/C11H19NO/c1-4-5-6-7-10(2)8-11(3)12-9-13/h4-5,10-11H,6-8H2,1-3H3/b5-4+. The highest BCUT2D eigenvalue weighted by molar-refractivity contribution is 5.33. The maximum absolute atomic E-state index is 9.95. The Labute approximate surface area is 80.8 Å². The van der Waals surface area contributed by atoms with Gasteiger partial charge in [-0.3, -0.25) is 0 Å². The molecular weight excluding hydrogens is 162 g/mol. The summed E-state index contributed by atoms with van der Waals surface area (Å²) in [5.41, 5.74) is 0. The highest BCUT2D eigenvalue weighted by Crippen LogP contribution is 2.14. The molecule has 0 amide bonds. The van der Waals surface area contributed by atoms with Crippen molar-refractivity contribution in [1.82, 2.24) is 0 Å². The molecule has 0 aromatic carbocycles. The van der Waals surface area contributed by atoms with Gasteiger partial charge in [0.25, 0.3) is 0 Å². The largest absolute Gasteiger partial charge is 0.235 e. The third-order valence-electron chi connectivity index (χ3n) is 2.08. The minimum absolute atomic E-state index is 0.123. The SMILES string of the molecule is C/C=C/CCC(C)CC(C)N=C=O. The number of allylic oxidation sites excluding steroid dienone is 2. The van der Waals surface area contributed by atoms with E-state index in [1.807, 2.05) is 13.8 Å². The van der Waals surface area contributed by atoms with Crippen LogP contribution in [0.3, 0.4) is 0 Å². The number of isocyanates is 1. The van der Waals surface area contributed by atoms with Crippen LogP contribution in [0.5, 0.6) is 0 Å². The van der Waals surface area contributed by atoms with E-state index in [0.717, 1.165) is 12.8 Å². The highest BCUT2D eigenvalue weighted by atomic mass is 16.1. The smallest absolute Gasteiger partial charge is 0.211 e. The van der Waals surface area contributed by atoms with Crippen molar-refractivity contribution in [2.45, 2.75) is 46.1 Å². The molecule has 0 radical (unpaired) electrons. The van der Waals surface area contributed by atoms with Crippen LogP contribution in [0.25, 0.3) is 0 Å². The van der Waals surface area contributed by atoms with Crippen molar-refractivity contribution in [1.29, 1.82) is 0 Å². The topological polar surface area (TPSA) is 29.4 Å². The van der Waals surface area contributed by atoms with Crippen LogP contribution in [0.4, 0.5) is 0 Å². The normalized spacial score (nSPS) is 15.3. The predicted octanol–water partition coefficient (Wildman–Crippen LogP) is 3.09. The lowest BCUT2D eigenvalue weighted by Gasteiger charge is -2.11. The molecule has 0 aromatic heterocycles. The molecule has 2 nitrogen and oxygen atoms in total. The van der Waals surface area contributed by atoms with Crippen molar-refractivity contribution in [2.75, 3.05) is 0 Å². The fourth-order valence-corrected chi connectivity index (χ4v) is 1.39. The van der Waals surface area contributed by atoms with Crippen LogP contribution in [0.2, 0.25) is 0 Å². The Kier molecular flexibility index (Phi) is 7.23. The Bertz CT molecular complexity index is 192. The second-order valence-electron chi connectivity index (χ2n) is 3.56. The molecule has 2 heteroatoms. The maximum atomic E-state index is 9.95. The Morgan fingerprint density at radius 2 is 2.15 bits per heavy atom. The lowest BCUT2D eigenvalue weighted by Crippen LogP contribution is -2.05. The summed E-state index contributed by atoms with van der Waals surface area (Å²) in [7, 11) is 0. The molecule has 0 spiro atoms. The van der Waals surface area contributed by atoms with Gasteiger partial charge in [0.15, 0.2) is 0 Å². The quantitative estimate of drug-likeness (QED) is 0.352. The van der Waals surface area contributed by atoms with E-state index in [4.69, 9.17) is 0 Å². The highest BCUT2D eigenvalue weighted by Gasteiger charge is 2.06. The number of hydrogen-bond donors (Lipinski definition) is 0. The van der Waals surface area contributed by atoms with Crippen LogP contribution in [0.15, 0.2) is 17.1 Å². The Hall–Kier alpha value is -0.880. The zero-order chi connectivity index (χ0) is 10.1. The Balaban J connectivity index is 3.60. The van der Waals surface area contributed by atoms with Gasteiger partial charge >= 0.3 is 0 Å². The Morgan fingerprint density at radius 1 is 1.46 bits per heavy atom. The van der Waals surface area contributed by atoms with Crippen LogP contribution in [-0.4, -0.2) is 12.1 Å². The first-order valence-corrected chi connectivity index (χ1v) is 4.88. The zero-order valence-corrected chi connectivity index (χ0v) is 8.79. The molecule has 0 rings (SSSR count). The number of rotatable bonds is 6. The maximum Gasteiger partial charge on any atom is 0.235 e. The van der Waals surface area contributed by atoms with E-state index in [0.29, 0.717) is 5.92 Å². The molecule has 0 aromatic rings. The number of carbonyl (C=O) groups excluding carboxylic acids is 1. The average molecular weight is 181 g/mol. The second kappa shape index (κ2) is 7.75. The van der Waals surface area contributed by atoms with Gasteiger partial charge in [-0.1, -0.05) is 19.1 Å². The minimum Gasteiger partial charge on any atom is -0.211 e. The van der Waals surface area contributed by atoms with E-state index in [-0.39, 0.29) is 6.04 Å². The molecule has 0 heterocycles. The van der Waals surface area contributed by atoms with Crippen LogP contribution >= 0.6 is 0 Å². The van der Waals surface area contributed by atoms with Crippen LogP contribution < -0.4 is 0 Å². The van der Waals surface area contributed by atoms with Crippen molar-refractivity contribution in [3.05, 3.63) is 12.2 Å². The molecule has 0 aliphatic rings. The summed E-state index contributed by atoms with van der Waals surface area (Å²) in [5, 5.41) is 0. The molecule has 0 aliphatic heterocycles. The number of hydrogen-bond acceptors (Lipinski definition) is 2. The molecule has 2 atom stereocenters. The van der Waals surface area contributed by atoms with Crippen molar-refractivity contribution in [2.24, 2.45) is 10.9 Å². The first-order chi connectivity index (χ1) is 6.20. The molecule has 13 heavy (non-hydrogen) atoms. The lowest BCUT2D eigenvalue weighted by atomic mass is 9.98. The van der Waals surface area contributed by atoms with Gasteiger partial charge in [0.05, 0.1) is 6.04 Å². The van der Waals surface area contributed by atoms with Gasteiger partial charge in [-0.15, -0.1) is 0 Å². The van der Waals surface area contributed by atoms with E-state index in [1.165, 1.54) is 6.42 Å². The van der Waals surface area contributed by atoms with E-state index < -0.39 is 0 Å². The van der Waals surface area contributed by atoms with Gasteiger partial charge < -0.3 is 0 Å². The molecule has 0 N–H and O–H groups in total. The van der Waals surface area contributed by atoms with E-state index >= 15 is 0 Å². The Morgan fingerprint density at radius 3 is 2.69 bits per heavy atom. The van der Waals surface area contributed by atoms with Crippen LogP contribution in [0, 0.1) is 5.92 Å². The molecule has 0 bridgehead atoms. The summed E-state index contributed by atoms with van der Waals surface area (Å²) in [6.45, 7) is 6.18. The summed E-state index contributed by atoms with van der Waals surface area (Å²) in [5.74, 6) is 0.628. The van der Waals surface area contributed by atoms with E-state index in [9.17, 15) is 4.79 Å². The minimum atomic E-state index is 0.123. The van der Waals surface area contributed by atoms with Crippen molar-refractivity contribution in [3.63, 3.8) is 0 Å². The fraction of sp³-hybridized carbons (Fsp3) is 0.727. The molecule has 0 aliphatic carbocycles. The third-order valence-corrected chi connectivity index (χ3v) is 2.08. The average Bonchev–Trinajstić information content (AvgIpc) is 2.05. The van der Waals surface area contributed by atoms with Gasteiger partial charge in [0.1, 0.15) is 0 Å². The van der Waals surface area contributed by atoms with Gasteiger partial charge in [0, 0.05) is 0 Å². The summed E-state index contributed by atoms with van der Waals surface area (Å²) in [4.78, 5) is 13.6. The summed E-state index contributed by atoms with van der Waals surface area (Å²) in [6.07, 6.45) is 9.11. The first-order valence-electron chi connectivity index (χ1n) is 4.88. The lowest BCUT2D eigenvalue weighted by molar-refractivity contribution is 0.454. The van der Waals surface area contributed by atoms with Gasteiger partial charge in [-0.2, -0.15) is 0 Å². The summed E-state index contributed by atoms with van der Waals surface area (Å²) < 4.78 is 0. The number of aliphatic imine (C=N–C) groups is 1. The van der Waals surface area contributed by atoms with Crippen molar-refractivity contribution < 1.29 is 4.79 Å². The summed E-state index contributed by atoms with van der Waals surface area (Å²) >= 11 is 0. The van der Waals surface area contributed by atoms with E-state index in [1.54, 1.807) is 6.08 Å². The molecule has 0 saturated carbocycles. The monoisotopic (exact) mass is 181 g/mol. The molecular formula is C11H19NO. The molecule has 2 unspecified atom stereocenters. The van der Waals surface area contributed by atoms with Crippen LogP contribution in [0.1, 0.15) is 40.0 Å². The second-order valence-corrected chi connectivity index (χ2v) is 3.56. The zero-order valence-electron chi connectivity index (χ0n) is 8.79. The summed E-state index contributed by atoms with van der Waals surface area (Å²) in [6, 6.07) is 0.123. The molecule has 0 fully saturated rings. The third kappa shape index (κ3) is 7.48. The predicted molar refractivity (Wildman–Crippen MR) is 55.4 cm³/mol. The molecule has 0 saturated heterocycles. The van der Waals surface area contributed by atoms with Gasteiger partial charge in [-0.25, -0.2) is 9.79 Å². The van der Waals surface area contributed by atoms with Gasteiger partial charge in [-0.05, 0) is 39.0 Å². The van der Waals surface area contributed by atoms with E-state index in [2.05, 4.69) is 24.1 Å². The fourth-order valence-electron chi connectivity index (χ4n) is 1.39. The molecule has 74 valence electrons.